The van der Waals surface area contributed by atoms with Crippen molar-refractivity contribution in [2.45, 2.75) is 141 Å². The van der Waals surface area contributed by atoms with Gasteiger partial charge in [-0.3, -0.25) is 4.79 Å². The van der Waals surface area contributed by atoms with Crippen molar-refractivity contribution in [2.75, 3.05) is 13.2 Å². The van der Waals surface area contributed by atoms with E-state index in [9.17, 15) is 4.79 Å². The first kappa shape index (κ1) is 28.2. The molecule has 0 aliphatic carbocycles. The first-order chi connectivity index (χ1) is 15.3. The highest BCUT2D eigenvalue weighted by molar-refractivity contribution is 5.66. The smallest absolute Gasteiger partial charge is 0.303 e. The Balaban J connectivity index is 1.64. The highest BCUT2D eigenvalue weighted by atomic mass is 16.5. The molecule has 1 aliphatic heterocycles. The Kier molecular flexibility index (Phi) is 20.3. The topological polar surface area (TPSA) is 46.5 Å². The van der Waals surface area contributed by atoms with Gasteiger partial charge in [0.15, 0.2) is 0 Å². The summed E-state index contributed by atoms with van der Waals surface area (Å²) in [6.07, 6.45) is 33.0. The number of ether oxygens (including phenoxy) is 1. The summed E-state index contributed by atoms with van der Waals surface area (Å²) in [5.74, 6) is 0.230. The fourth-order valence-electron chi connectivity index (χ4n) is 4.40. The van der Waals surface area contributed by atoms with E-state index < -0.39 is 5.97 Å². The monoisotopic (exact) mass is 436 g/mol. The van der Waals surface area contributed by atoms with E-state index in [-0.39, 0.29) is 0 Å². The summed E-state index contributed by atoms with van der Waals surface area (Å²) in [5.41, 5.74) is 0. The van der Waals surface area contributed by atoms with Gasteiger partial charge in [0.1, 0.15) is 0 Å². The normalized spacial score (nSPS) is 14.3. The molecule has 1 aliphatic rings. The molecule has 0 atom stereocenters. The number of hydrogen-bond acceptors (Lipinski definition) is 2. The molecule has 0 radical (unpaired) electrons. The predicted octanol–water partition coefficient (Wildman–Crippen LogP) is 8.86. The Labute approximate surface area is 193 Å². The Morgan fingerprint density at radius 1 is 0.613 bits per heavy atom. The average Bonchev–Trinajstić information content (AvgIpc) is 2.72. The molecule has 0 spiro atoms. The van der Waals surface area contributed by atoms with Crippen molar-refractivity contribution in [3.8, 4) is 0 Å². The first-order valence-corrected chi connectivity index (χ1v) is 13.7. The fraction of sp³-hybridized carbons (Fsp3) is 0.893. The molecule has 3 heteroatoms. The molecule has 31 heavy (non-hydrogen) atoms. The van der Waals surface area contributed by atoms with Crippen molar-refractivity contribution in [1.29, 1.82) is 0 Å². The summed E-state index contributed by atoms with van der Waals surface area (Å²) in [4.78, 5) is 10.4. The molecule has 0 amide bonds. The number of allylic oxidation sites excluding steroid dienone is 2. The Morgan fingerprint density at radius 2 is 1.00 bits per heavy atom. The van der Waals surface area contributed by atoms with Gasteiger partial charge in [0.05, 0.1) is 13.2 Å². The zero-order valence-corrected chi connectivity index (χ0v) is 20.5. The summed E-state index contributed by atoms with van der Waals surface area (Å²) < 4.78 is 5.22. The molecular weight excluding hydrogens is 384 g/mol. The number of carbonyl (C=O) groups is 1. The SMILES string of the molecule is O=C(O)CCCCCCCCCCCCCCC=CCCCCCCCCC1COC1. The lowest BCUT2D eigenvalue weighted by Crippen LogP contribution is -2.27. The van der Waals surface area contributed by atoms with Gasteiger partial charge in [-0.05, 0) is 38.5 Å². The quantitative estimate of drug-likeness (QED) is 0.121. The van der Waals surface area contributed by atoms with Crippen LogP contribution in [0.25, 0.3) is 0 Å². The number of aliphatic carboxylic acids is 1. The minimum Gasteiger partial charge on any atom is -0.481 e. The lowest BCUT2D eigenvalue weighted by molar-refractivity contribution is -0.137. The molecule has 1 N–H and O–H groups in total. The van der Waals surface area contributed by atoms with Gasteiger partial charge in [-0.2, -0.15) is 0 Å². The second-order valence-electron chi connectivity index (χ2n) is 9.75. The first-order valence-electron chi connectivity index (χ1n) is 13.7. The van der Waals surface area contributed by atoms with Crippen LogP contribution in [0.15, 0.2) is 12.2 Å². The molecule has 0 aromatic heterocycles. The number of hydrogen-bond donors (Lipinski definition) is 1. The molecule has 0 aromatic carbocycles. The lowest BCUT2D eigenvalue weighted by Gasteiger charge is -2.25. The second kappa shape index (κ2) is 22.4. The van der Waals surface area contributed by atoms with Crippen LogP contribution in [0.5, 0.6) is 0 Å². The molecule has 1 fully saturated rings. The van der Waals surface area contributed by atoms with Crippen LogP contribution in [-0.2, 0) is 9.53 Å². The van der Waals surface area contributed by atoms with Crippen molar-refractivity contribution >= 4 is 5.97 Å². The van der Waals surface area contributed by atoms with Crippen LogP contribution in [0.1, 0.15) is 141 Å². The standard InChI is InChI=1S/C28H52O3/c29-28(30)24-22-20-18-16-14-12-10-8-6-4-2-1-3-5-7-9-11-13-15-17-19-21-23-27-25-31-26-27/h5,7,27H,1-4,6,8-26H2,(H,29,30). The van der Waals surface area contributed by atoms with E-state index in [4.69, 9.17) is 9.84 Å². The van der Waals surface area contributed by atoms with Crippen molar-refractivity contribution in [2.24, 2.45) is 5.92 Å². The zero-order chi connectivity index (χ0) is 22.2. The predicted molar refractivity (Wildman–Crippen MR) is 133 cm³/mol. The van der Waals surface area contributed by atoms with Crippen molar-refractivity contribution in [3.63, 3.8) is 0 Å². The maximum atomic E-state index is 10.4. The Morgan fingerprint density at radius 3 is 1.39 bits per heavy atom. The lowest BCUT2D eigenvalue weighted by atomic mass is 9.99. The van der Waals surface area contributed by atoms with Gasteiger partial charge in [-0.25, -0.2) is 0 Å². The number of rotatable bonds is 24. The van der Waals surface area contributed by atoms with E-state index in [1.807, 2.05) is 0 Å². The van der Waals surface area contributed by atoms with Gasteiger partial charge in [-0.1, -0.05) is 108 Å². The Hall–Kier alpha value is -0.830. The summed E-state index contributed by atoms with van der Waals surface area (Å²) in [5, 5.41) is 8.60. The van der Waals surface area contributed by atoms with Crippen molar-refractivity contribution < 1.29 is 14.6 Å². The Bertz CT molecular complexity index is 414. The molecule has 0 aromatic rings. The van der Waals surface area contributed by atoms with Crippen LogP contribution in [0.4, 0.5) is 0 Å². The molecule has 3 nitrogen and oxygen atoms in total. The minimum atomic E-state index is -0.654. The third kappa shape index (κ3) is 20.8. The summed E-state index contributed by atoms with van der Waals surface area (Å²) in [6, 6.07) is 0. The average molecular weight is 437 g/mol. The summed E-state index contributed by atoms with van der Waals surface area (Å²) in [7, 11) is 0. The van der Waals surface area contributed by atoms with Gasteiger partial charge >= 0.3 is 5.97 Å². The van der Waals surface area contributed by atoms with Gasteiger partial charge in [-0.15, -0.1) is 0 Å². The number of carboxylic acids is 1. The van der Waals surface area contributed by atoms with Gasteiger partial charge in [0, 0.05) is 12.3 Å². The van der Waals surface area contributed by atoms with Crippen LogP contribution in [0, 0.1) is 5.92 Å². The molecule has 182 valence electrons. The van der Waals surface area contributed by atoms with Gasteiger partial charge in [0.2, 0.25) is 0 Å². The van der Waals surface area contributed by atoms with Crippen LogP contribution in [0.2, 0.25) is 0 Å². The van der Waals surface area contributed by atoms with E-state index in [1.54, 1.807) is 0 Å². The third-order valence-corrected chi connectivity index (χ3v) is 6.62. The zero-order valence-electron chi connectivity index (χ0n) is 20.5. The molecule has 0 bridgehead atoms. The van der Waals surface area contributed by atoms with E-state index in [1.165, 1.54) is 122 Å². The van der Waals surface area contributed by atoms with Crippen molar-refractivity contribution in [1.82, 2.24) is 0 Å². The van der Waals surface area contributed by atoms with Crippen LogP contribution < -0.4 is 0 Å². The highest BCUT2D eigenvalue weighted by Gasteiger charge is 2.16. The van der Waals surface area contributed by atoms with E-state index in [2.05, 4.69) is 12.2 Å². The van der Waals surface area contributed by atoms with Gasteiger partial charge < -0.3 is 9.84 Å². The molecule has 1 saturated heterocycles. The minimum absolute atomic E-state index is 0.341. The van der Waals surface area contributed by atoms with Crippen molar-refractivity contribution in [3.05, 3.63) is 12.2 Å². The molecule has 0 saturated carbocycles. The highest BCUT2D eigenvalue weighted by Crippen LogP contribution is 2.19. The molecule has 1 rings (SSSR count). The van der Waals surface area contributed by atoms with E-state index in [0.29, 0.717) is 6.42 Å². The summed E-state index contributed by atoms with van der Waals surface area (Å²) in [6.45, 7) is 2.04. The largest absolute Gasteiger partial charge is 0.481 e. The number of unbranched alkanes of at least 4 members (excludes halogenated alkanes) is 18. The molecular formula is C28H52O3. The maximum Gasteiger partial charge on any atom is 0.303 e. The van der Waals surface area contributed by atoms with Gasteiger partial charge in [0.25, 0.3) is 0 Å². The van der Waals surface area contributed by atoms with Crippen LogP contribution in [0.3, 0.4) is 0 Å². The van der Waals surface area contributed by atoms with E-state index in [0.717, 1.165) is 32.0 Å². The second-order valence-corrected chi connectivity index (χ2v) is 9.75. The van der Waals surface area contributed by atoms with Crippen LogP contribution in [-0.4, -0.2) is 24.3 Å². The fourth-order valence-corrected chi connectivity index (χ4v) is 4.40. The summed E-state index contributed by atoms with van der Waals surface area (Å²) >= 11 is 0. The maximum absolute atomic E-state index is 10.4. The molecule has 0 unspecified atom stereocenters. The molecule has 1 heterocycles. The van der Waals surface area contributed by atoms with E-state index >= 15 is 0 Å². The third-order valence-electron chi connectivity index (χ3n) is 6.62. The number of carboxylic acid groups (broad SMARTS) is 1. The van der Waals surface area contributed by atoms with Crippen LogP contribution >= 0.6 is 0 Å².